The van der Waals surface area contributed by atoms with Gasteiger partial charge in [-0.15, -0.1) is 0 Å². The number of hydrogen-bond donors (Lipinski definition) is 2. The number of anilines is 1. The number of sulfonamides is 1. The summed E-state index contributed by atoms with van der Waals surface area (Å²) in [4.78, 5) is 11.8. The molecule has 5 nitrogen and oxygen atoms in total. The smallest absolute Gasteiger partial charge is 0.241 e. The van der Waals surface area contributed by atoms with E-state index in [4.69, 9.17) is 0 Å². The Morgan fingerprint density at radius 3 is 2.43 bits per heavy atom. The lowest BCUT2D eigenvalue weighted by atomic mass is 10.2. The molecule has 0 aliphatic carbocycles. The molecule has 0 saturated heterocycles. The maximum Gasteiger partial charge on any atom is 0.241 e. The van der Waals surface area contributed by atoms with Gasteiger partial charge in [-0.1, -0.05) is 15.9 Å². The van der Waals surface area contributed by atoms with Gasteiger partial charge in [0, 0.05) is 10.2 Å². The summed E-state index contributed by atoms with van der Waals surface area (Å²) in [6.07, 6.45) is 0. The van der Waals surface area contributed by atoms with E-state index < -0.39 is 28.3 Å². The molecule has 8 heteroatoms. The Morgan fingerprint density at radius 2 is 1.83 bits per heavy atom. The topological polar surface area (TPSA) is 75.3 Å². The van der Waals surface area contributed by atoms with E-state index in [9.17, 15) is 17.6 Å². The molecule has 0 aliphatic rings. The highest BCUT2D eigenvalue weighted by molar-refractivity contribution is 9.10. The second-order valence-corrected chi connectivity index (χ2v) is 7.41. The molecule has 2 rings (SSSR count). The summed E-state index contributed by atoms with van der Waals surface area (Å²) in [7, 11) is -3.79. The van der Waals surface area contributed by atoms with Crippen molar-refractivity contribution in [2.45, 2.75) is 11.8 Å². The van der Waals surface area contributed by atoms with Crippen molar-refractivity contribution in [2.75, 3.05) is 11.9 Å². The molecule has 1 amide bonds. The van der Waals surface area contributed by atoms with Crippen LogP contribution in [0.2, 0.25) is 0 Å². The van der Waals surface area contributed by atoms with Crippen LogP contribution in [0.5, 0.6) is 0 Å². The first-order chi connectivity index (χ1) is 10.8. The number of aryl methyl sites for hydroxylation is 1. The van der Waals surface area contributed by atoms with Crippen LogP contribution < -0.4 is 10.0 Å². The predicted molar refractivity (Wildman–Crippen MR) is 89.1 cm³/mol. The lowest BCUT2D eigenvalue weighted by Crippen LogP contribution is -2.32. The maximum absolute atomic E-state index is 12.8. The van der Waals surface area contributed by atoms with Gasteiger partial charge in [0.05, 0.1) is 11.4 Å². The molecule has 0 aliphatic heterocycles. The number of amides is 1. The summed E-state index contributed by atoms with van der Waals surface area (Å²) < 4.78 is 40.1. The van der Waals surface area contributed by atoms with Crippen LogP contribution in [0.3, 0.4) is 0 Å². The van der Waals surface area contributed by atoms with Crippen LogP contribution >= 0.6 is 15.9 Å². The molecule has 0 aromatic heterocycles. The molecule has 0 unspecified atom stereocenters. The van der Waals surface area contributed by atoms with Crippen LogP contribution in [-0.2, 0) is 14.8 Å². The molecule has 0 bridgehead atoms. The van der Waals surface area contributed by atoms with Gasteiger partial charge in [-0.05, 0) is 55.0 Å². The van der Waals surface area contributed by atoms with Crippen molar-refractivity contribution in [3.8, 4) is 0 Å². The van der Waals surface area contributed by atoms with Gasteiger partial charge in [0.1, 0.15) is 5.82 Å². The van der Waals surface area contributed by atoms with Gasteiger partial charge >= 0.3 is 0 Å². The average molecular weight is 401 g/mol. The van der Waals surface area contributed by atoms with Gasteiger partial charge in [-0.25, -0.2) is 17.5 Å². The SMILES string of the molecule is Cc1cc(S(=O)(=O)NCC(=O)Nc2ccc(F)cc2)ccc1Br. The number of halogens is 2. The van der Waals surface area contributed by atoms with E-state index in [1.807, 2.05) is 0 Å². The Bertz CT molecular complexity index is 823. The van der Waals surface area contributed by atoms with Crippen LogP contribution in [0.25, 0.3) is 0 Å². The molecular formula is C15H14BrFN2O3S. The highest BCUT2D eigenvalue weighted by Crippen LogP contribution is 2.19. The zero-order valence-corrected chi connectivity index (χ0v) is 14.5. The van der Waals surface area contributed by atoms with Crippen LogP contribution in [-0.4, -0.2) is 20.9 Å². The van der Waals surface area contributed by atoms with E-state index in [2.05, 4.69) is 26.0 Å². The predicted octanol–water partition coefficient (Wildman–Crippen LogP) is 2.81. The van der Waals surface area contributed by atoms with Gasteiger partial charge in [-0.2, -0.15) is 0 Å². The van der Waals surface area contributed by atoms with E-state index in [1.54, 1.807) is 13.0 Å². The van der Waals surface area contributed by atoms with E-state index in [-0.39, 0.29) is 4.90 Å². The number of carbonyl (C=O) groups excluding carboxylic acids is 1. The Balaban J connectivity index is 1.99. The summed E-state index contributed by atoms with van der Waals surface area (Å²) in [6.45, 7) is 1.35. The molecule has 0 saturated carbocycles. The first kappa shape index (κ1) is 17.6. The van der Waals surface area contributed by atoms with Crippen molar-refractivity contribution in [1.29, 1.82) is 0 Å². The van der Waals surface area contributed by atoms with Crippen molar-refractivity contribution in [3.63, 3.8) is 0 Å². The third kappa shape index (κ3) is 4.85. The van der Waals surface area contributed by atoms with Crippen LogP contribution in [0.15, 0.2) is 51.8 Å². The van der Waals surface area contributed by atoms with Gasteiger partial charge < -0.3 is 5.32 Å². The highest BCUT2D eigenvalue weighted by Gasteiger charge is 2.16. The van der Waals surface area contributed by atoms with E-state index in [0.717, 1.165) is 10.0 Å². The number of hydrogen-bond acceptors (Lipinski definition) is 3. The third-order valence-corrected chi connectivity index (χ3v) is 5.28. The summed E-state index contributed by atoms with van der Waals surface area (Å²) >= 11 is 3.29. The minimum absolute atomic E-state index is 0.0767. The fourth-order valence-corrected chi connectivity index (χ4v) is 3.08. The van der Waals surface area contributed by atoms with Crippen molar-refractivity contribution in [3.05, 3.63) is 58.3 Å². The van der Waals surface area contributed by atoms with E-state index >= 15 is 0 Å². The van der Waals surface area contributed by atoms with Crippen LogP contribution in [0.4, 0.5) is 10.1 Å². The molecule has 0 spiro atoms. The van der Waals surface area contributed by atoms with Crippen molar-refractivity contribution >= 4 is 37.5 Å². The third-order valence-electron chi connectivity index (χ3n) is 2.99. The summed E-state index contributed by atoms with van der Waals surface area (Å²) in [5.74, 6) is -0.969. The second kappa shape index (κ2) is 7.20. The fraction of sp³-hybridized carbons (Fsp3) is 0.133. The normalized spacial score (nSPS) is 11.3. The molecule has 122 valence electrons. The Kier molecular flexibility index (Phi) is 5.51. The summed E-state index contributed by atoms with van der Waals surface area (Å²) in [6, 6.07) is 9.75. The van der Waals surface area contributed by atoms with Crippen molar-refractivity contribution in [1.82, 2.24) is 4.72 Å². The van der Waals surface area contributed by atoms with E-state index in [0.29, 0.717) is 5.69 Å². The van der Waals surface area contributed by atoms with Crippen molar-refractivity contribution in [2.24, 2.45) is 0 Å². The molecule has 0 atom stereocenters. The Labute approximate surface area is 142 Å². The van der Waals surface area contributed by atoms with Crippen LogP contribution in [0.1, 0.15) is 5.56 Å². The van der Waals surface area contributed by atoms with Gasteiger partial charge in [0.2, 0.25) is 15.9 Å². The lowest BCUT2D eigenvalue weighted by Gasteiger charge is -2.09. The quantitative estimate of drug-likeness (QED) is 0.809. The molecule has 0 radical (unpaired) electrons. The first-order valence-electron chi connectivity index (χ1n) is 6.59. The zero-order chi connectivity index (χ0) is 17.0. The number of benzene rings is 2. The fourth-order valence-electron chi connectivity index (χ4n) is 1.77. The van der Waals surface area contributed by atoms with Gasteiger partial charge in [0.25, 0.3) is 0 Å². The molecule has 0 heterocycles. The van der Waals surface area contributed by atoms with E-state index in [1.165, 1.54) is 36.4 Å². The standard InChI is InChI=1S/C15H14BrFN2O3S/c1-10-8-13(6-7-14(10)16)23(21,22)18-9-15(20)19-12-4-2-11(17)3-5-12/h2-8,18H,9H2,1H3,(H,19,20). The Morgan fingerprint density at radius 1 is 1.17 bits per heavy atom. The lowest BCUT2D eigenvalue weighted by molar-refractivity contribution is -0.115. The van der Waals surface area contributed by atoms with Gasteiger partial charge in [-0.3, -0.25) is 4.79 Å². The molecule has 2 aromatic rings. The minimum Gasteiger partial charge on any atom is -0.325 e. The van der Waals surface area contributed by atoms with Crippen LogP contribution in [0, 0.1) is 12.7 Å². The van der Waals surface area contributed by atoms with Crippen molar-refractivity contribution < 1.29 is 17.6 Å². The number of rotatable bonds is 5. The summed E-state index contributed by atoms with van der Waals surface area (Å²) in [5, 5.41) is 2.47. The maximum atomic E-state index is 12.8. The highest BCUT2D eigenvalue weighted by atomic mass is 79.9. The number of carbonyl (C=O) groups is 1. The molecule has 2 aromatic carbocycles. The monoisotopic (exact) mass is 400 g/mol. The molecule has 23 heavy (non-hydrogen) atoms. The second-order valence-electron chi connectivity index (χ2n) is 4.79. The number of nitrogens with one attached hydrogen (secondary N) is 2. The largest absolute Gasteiger partial charge is 0.325 e. The molecule has 2 N–H and O–H groups in total. The minimum atomic E-state index is -3.79. The molecule has 0 fully saturated rings. The average Bonchev–Trinajstić information content (AvgIpc) is 2.50. The summed E-state index contributed by atoms with van der Waals surface area (Å²) in [5.41, 5.74) is 1.15. The first-order valence-corrected chi connectivity index (χ1v) is 8.87. The molecular weight excluding hydrogens is 387 g/mol. The Hall–Kier alpha value is -1.77. The zero-order valence-electron chi connectivity index (χ0n) is 12.1. The van der Waals surface area contributed by atoms with Gasteiger partial charge in [0.15, 0.2) is 0 Å².